The van der Waals surface area contributed by atoms with E-state index in [1.54, 1.807) is 27.1 Å². The molecule has 1 aromatic carbocycles. The van der Waals surface area contributed by atoms with E-state index < -0.39 is 12.1 Å². The highest BCUT2D eigenvalue weighted by Crippen LogP contribution is 2.22. The highest BCUT2D eigenvalue weighted by atomic mass is 19.1. The molecule has 2 N–H and O–H groups in total. The van der Waals surface area contributed by atoms with E-state index in [1.165, 1.54) is 17.0 Å². The lowest BCUT2D eigenvalue weighted by Gasteiger charge is -2.35. The van der Waals surface area contributed by atoms with Gasteiger partial charge in [-0.2, -0.15) is 0 Å². The zero-order valence-corrected chi connectivity index (χ0v) is 15.5. The van der Waals surface area contributed by atoms with Gasteiger partial charge in [-0.05, 0) is 24.6 Å². The number of halogens is 1. The van der Waals surface area contributed by atoms with Gasteiger partial charge < -0.3 is 20.3 Å². The maximum atomic E-state index is 13.6. The third kappa shape index (κ3) is 5.67. The van der Waals surface area contributed by atoms with Crippen molar-refractivity contribution >= 4 is 11.9 Å². The molecule has 0 saturated carbocycles. The standard InChI is InChI=1S/C18H27FN4O3/c1-13(17(24)22(2)3)21-18(25)20-12-16(23-7-9-26-10-8-23)14-5-4-6-15(19)11-14/h4-6,11,13,16H,7-10,12H2,1-3H3,(H2,20,21,25). The van der Waals surface area contributed by atoms with Crippen molar-refractivity contribution in [3.63, 3.8) is 0 Å². The van der Waals surface area contributed by atoms with Crippen LogP contribution in [0.1, 0.15) is 18.5 Å². The first kappa shape index (κ1) is 20.1. The molecule has 2 atom stereocenters. The minimum absolute atomic E-state index is 0.166. The van der Waals surface area contributed by atoms with Gasteiger partial charge in [0.05, 0.1) is 19.3 Å². The fourth-order valence-corrected chi connectivity index (χ4v) is 2.95. The van der Waals surface area contributed by atoms with Crippen LogP contribution in [-0.2, 0) is 9.53 Å². The Labute approximate surface area is 153 Å². The molecule has 1 saturated heterocycles. The van der Waals surface area contributed by atoms with Crippen LogP contribution in [0.2, 0.25) is 0 Å². The lowest BCUT2D eigenvalue weighted by molar-refractivity contribution is -0.130. The number of amides is 3. The summed E-state index contributed by atoms with van der Waals surface area (Å²) in [5.74, 6) is -0.495. The molecule has 1 heterocycles. The molecule has 1 aromatic rings. The number of nitrogens with one attached hydrogen (secondary N) is 2. The van der Waals surface area contributed by atoms with Crippen LogP contribution >= 0.6 is 0 Å². The number of hydrogen-bond donors (Lipinski definition) is 2. The van der Waals surface area contributed by atoms with Crippen LogP contribution < -0.4 is 10.6 Å². The molecule has 1 aliphatic heterocycles. The quantitative estimate of drug-likeness (QED) is 0.787. The Kier molecular flexibility index (Phi) is 7.35. The topological polar surface area (TPSA) is 73.9 Å². The number of ether oxygens (including phenoxy) is 1. The Hall–Kier alpha value is -2.19. The van der Waals surface area contributed by atoms with Crippen LogP contribution in [0.15, 0.2) is 24.3 Å². The molecule has 26 heavy (non-hydrogen) atoms. The van der Waals surface area contributed by atoms with Gasteiger partial charge in [0.2, 0.25) is 5.91 Å². The van der Waals surface area contributed by atoms with Crippen LogP contribution in [-0.4, -0.2) is 74.7 Å². The van der Waals surface area contributed by atoms with Gasteiger partial charge in [-0.3, -0.25) is 9.69 Å². The number of carbonyl (C=O) groups is 2. The van der Waals surface area contributed by atoms with Crippen molar-refractivity contribution in [3.05, 3.63) is 35.6 Å². The maximum Gasteiger partial charge on any atom is 0.315 e. The summed E-state index contributed by atoms with van der Waals surface area (Å²) >= 11 is 0. The van der Waals surface area contributed by atoms with Gasteiger partial charge >= 0.3 is 6.03 Å². The fourth-order valence-electron chi connectivity index (χ4n) is 2.95. The van der Waals surface area contributed by atoms with Crippen LogP contribution in [0.25, 0.3) is 0 Å². The van der Waals surface area contributed by atoms with Crippen molar-refractivity contribution in [2.75, 3.05) is 46.9 Å². The van der Waals surface area contributed by atoms with Crippen molar-refractivity contribution in [2.45, 2.75) is 19.0 Å². The third-order valence-electron chi connectivity index (χ3n) is 4.33. The van der Waals surface area contributed by atoms with Gasteiger partial charge in [0.25, 0.3) is 0 Å². The van der Waals surface area contributed by atoms with Crippen molar-refractivity contribution in [1.29, 1.82) is 0 Å². The highest BCUT2D eigenvalue weighted by Gasteiger charge is 2.24. The largest absolute Gasteiger partial charge is 0.379 e. The SMILES string of the molecule is CC(NC(=O)NCC(c1cccc(F)c1)N1CCOCC1)C(=O)N(C)C. The Morgan fingerprint density at radius 3 is 2.62 bits per heavy atom. The number of nitrogens with zero attached hydrogens (tertiary/aromatic N) is 2. The Balaban J connectivity index is 2.00. The number of likely N-dealkylation sites (N-methyl/N-ethyl adjacent to an activating group) is 1. The predicted molar refractivity (Wildman–Crippen MR) is 96.2 cm³/mol. The summed E-state index contributed by atoms with van der Waals surface area (Å²) in [6, 6.07) is 5.17. The Morgan fingerprint density at radius 1 is 1.31 bits per heavy atom. The van der Waals surface area contributed by atoms with E-state index in [0.717, 1.165) is 5.56 Å². The smallest absolute Gasteiger partial charge is 0.315 e. The van der Waals surface area contributed by atoms with E-state index in [4.69, 9.17) is 4.74 Å². The second-order valence-electron chi connectivity index (χ2n) is 6.53. The first-order valence-corrected chi connectivity index (χ1v) is 8.71. The number of benzene rings is 1. The van der Waals surface area contributed by atoms with Gasteiger partial charge in [0.1, 0.15) is 11.9 Å². The van der Waals surface area contributed by atoms with E-state index in [0.29, 0.717) is 32.8 Å². The molecule has 0 bridgehead atoms. The zero-order chi connectivity index (χ0) is 19.1. The molecule has 2 unspecified atom stereocenters. The van der Waals surface area contributed by atoms with E-state index in [1.807, 2.05) is 6.07 Å². The minimum Gasteiger partial charge on any atom is -0.379 e. The van der Waals surface area contributed by atoms with Gasteiger partial charge in [-0.1, -0.05) is 12.1 Å². The Morgan fingerprint density at radius 2 is 2.00 bits per heavy atom. The van der Waals surface area contributed by atoms with E-state index >= 15 is 0 Å². The van der Waals surface area contributed by atoms with E-state index in [9.17, 15) is 14.0 Å². The summed E-state index contributed by atoms with van der Waals surface area (Å²) in [5, 5.41) is 5.42. The summed E-state index contributed by atoms with van der Waals surface area (Å²) in [7, 11) is 3.27. The van der Waals surface area contributed by atoms with Crippen molar-refractivity contribution in [1.82, 2.24) is 20.4 Å². The molecule has 3 amide bonds. The molecule has 8 heteroatoms. The number of urea groups is 1. The second-order valence-corrected chi connectivity index (χ2v) is 6.53. The van der Waals surface area contributed by atoms with Crippen molar-refractivity contribution in [3.8, 4) is 0 Å². The van der Waals surface area contributed by atoms with Crippen LogP contribution in [0.4, 0.5) is 9.18 Å². The predicted octanol–water partition coefficient (Wildman–Crippen LogP) is 0.975. The average Bonchev–Trinajstić information content (AvgIpc) is 2.62. The van der Waals surface area contributed by atoms with E-state index in [2.05, 4.69) is 15.5 Å². The summed E-state index contributed by atoms with van der Waals surface area (Å²) in [4.78, 5) is 27.6. The van der Waals surface area contributed by atoms with Gasteiger partial charge in [-0.15, -0.1) is 0 Å². The summed E-state index contributed by atoms with van der Waals surface area (Å²) in [5.41, 5.74) is 0.796. The minimum atomic E-state index is -0.624. The maximum absolute atomic E-state index is 13.6. The van der Waals surface area contributed by atoms with Gasteiger partial charge in [0.15, 0.2) is 0 Å². The van der Waals surface area contributed by atoms with Gasteiger partial charge in [-0.25, -0.2) is 9.18 Å². The normalized spacial score (nSPS) is 17.2. The zero-order valence-electron chi connectivity index (χ0n) is 15.5. The first-order chi connectivity index (χ1) is 12.4. The fraction of sp³-hybridized carbons (Fsp3) is 0.556. The summed E-state index contributed by atoms with van der Waals surface area (Å²) in [6.45, 7) is 4.56. The average molecular weight is 366 g/mol. The molecule has 0 aliphatic carbocycles. The molecule has 2 rings (SSSR count). The monoisotopic (exact) mass is 366 g/mol. The molecular formula is C18H27FN4O3. The lowest BCUT2D eigenvalue weighted by atomic mass is 10.0. The second kappa shape index (κ2) is 9.49. The molecule has 0 aromatic heterocycles. The molecule has 144 valence electrons. The van der Waals surface area contributed by atoms with Crippen LogP contribution in [0.3, 0.4) is 0 Å². The number of carbonyl (C=O) groups excluding carboxylic acids is 2. The molecule has 0 spiro atoms. The molecule has 1 aliphatic rings. The van der Waals surface area contributed by atoms with Crippen LogP contribution in [0, 0.1) is 5.82 Å². The van der Waals surface area contributed by atoms with Crippen LogP contribution in [0.5, 0.6) is 0 Å². The molecule has 7 nitrogen and oxygen atoms in total. The number of rotatable bonds is 6. The number of morpholine rings is 1. The molecule has 1 fully saturated rings. The number of hydrogen-bond acceptors (Lipinski definition) is 4. The van der Waals surface area contributed by atoms with E-state index in [-0.39, 0.29) is 17.8 Å². The lowest BCUT2D eigenvalue weighted by Crippen LogP contribution is -2.50. The molecule has 0 radical (unpaired) electrons. The summed E-state index contributed by atoms with van der Waals surface area (Å²) < 4.78 is 19.0. The van der Waals surface area contributed by atoms with Gasteiger partial charge in [0, 0.05) is 33.7 Å². The third-order valence-corrected chi connectivity index (χ3v) is 4.33. The Bertz CT molecular complexity index is 620. The van der Waals surface area contributed by atoms with Crippen molar-refractivity contribution < 1.29 is 18.7 Å². The highest BCUT2D eigenvalue weighted by molar-refractivity contribution is 5.86. The first-order valence-electron chi connectivity index (χ1n) is 8.71. The molecular weight excluding hydrogens is 339 g/mol. The van der Waals surface area contributed by atoms with Crippen molar-refractivity contribution in [2.24, 2.45) is 0 Å². The summed E-state index contributed by atoms with van der Waals surface area (Å²) in [6.07, 6.45) is 0.